The van der Waals surface area contributed by atoms with Gasteiger partial charge in [-0.3, -0.25) is 9.69 Å². The number of hydrogen-bond donors (Lipinski definition) is 2. The summed E-state index contributed by atoms with van der Waals surface area (Å²) in [4.78, 5) is 15.4. The minimum absolute atomic E-state index is 0.0970. The van der Waals surface area contributed by atoms with Crippen LogP contribution in [0.25, 0.3) is 5.57 Å². The first-order chi connectivity index (χ1) is 17.5. The number of anilines is 2. The summed E-state index contributed by atoms with van der Waals surface area (Å²) in [5.41, 5.74) is 4.36. The molecular formula is C28H34N4O4. The Balaban J connectivity index is 2.11. The monoisotopic (exact) mass is 490 g/mol. The second-order valence-electron chi connectivity index (χ2n) is 8.94. The molecule has 2 aliphatic rings. The molecule has 1 amide bonds. The smallest absolute Gasteiger partial charge is 0.225 e. The Morgan fingerprint density at radius 3 is 2.44 bits per heavy atom. The van der Waals surface area contributed by atoms with E-state index in [-0.39, 0.29) is 5.91 Å². The van der Waals surface area contributed by atoms with Crippen LogP contribution in [0.15, 0.2) is 36.0 Å². The summed E-state index contributed by atoms with van der Waals surface area (Å²) in [5, 5.41) is 17.4. The van der Waals surface area contributed by atoms with E-state index in [1.165, 1.54) is 0 Å². The number of carbonyl (C=O) groups is 1. The maximum atomic E-state index is 13.4. The SMILES string of the molecule is CCCCC(=O)NC12Nc3ccccc3N1C(CCCC)=C(C#N)c1cc(OC)c(OC)c(OC)c12. The van der Waals surface area contributed by atoms with E-state index < -0.39 is 5.79 Å². The first-order valence-electron chi connectivity index (χ1n) is 12.5. The van der Waals surface area contributed by atoms with Crippen LogP contribution in [-0.2, 0) is 10.6 Å². The van der Waals surface area contributed by atoms with Crippen LogP contribution < -0.4 is 29.7 Å². The lowest BCUT2D eigenvalue weighted by molar-refractivity contribution is -0.122. The van der Waals surface area contributed by atoms with Crippen LogP contribution in [0.1, 0.15) is 63.5 Å². The first kappa shape index (κ1) is 25.2. The van der Waals surface area contributed by atoms with E-state index in [1.807, 2.05) is 30.3 Å². The third-order valence-electron chi connectivity index (χ3n) is 6.77. The molecule has 2 aromatic carbocycles. The second-order valence-corrected chi connectivity index (χ2v) is 8.94. The average molecular weight is 491 g/mol. The predicted molar refractivity (Wildman–Crippen MR) is 140 cm³/mol. The molecule has 0 spiro atoms. The zero-order valence-electron chi connectivity index (χ0n) is 21.7. The molecule has 1 unspecified atom stereocenters. The van der Waals surface area contributed by atoms with Crippen LogP contribution in [0.5, 0.6) is 17.2 Å². The van der Waals surface area contributed by atoms with Crippen molar-refractivity contribution in [2.24, 2.45) is 0 Å². The first-order valence-corrected chi connectivity index (χ1v) is 12.5. The fraction of sp³-hybridized carbons (Fsp3) is 0.429. The van der Waals surface area contributed by atoms with Gasteiger partial charge in [-0.2, -0.15) is 5.26 Å². The molecule has 2 aromatic rings. The number of benzene rings is 2. The van der Waals surface area contributed by atoms with Crippen LogP contribution in [0, 0.1) is 11.3 Å². The van der Waals surface area contributed by atoms with Crippen molar-refractivity contribution in [2.75, 3.05) is 31.5 Å². The van der Waals surface area contributed by atoms with Gasteiger partial charge in [0, 0.05) is 17.7 Å². The molecule has 0 saturated carbocycles. The van der Waals surface area contributed by atoms with Crippen LogP contribution in [0.4, 0.5) is 11.4 Å². The van der Waals surface area contributed by atoms with Crippen LogP contribution in [0.2, 0.25) is 0 Å². The molecule has 0 radical (unpaired) electrons. The predicted octanol–water partition coefficient (Wildman–Crippen LogP) is 5.50. The number of unbranched alkanes of at least 4 members (excludes halogenated alkanes) is 2. The van der Waals surface area contributed by atoms with Gasteiger partial charge in [0.25, 0.3) is 0 Å². The van der Waals surface area contributed by atoms with Crippen molar-refractivity contribution in [3.05, 3.63) is 47.2 Å². The van der Waals surface area contributed by atoms with E-state index >= 15 is 0 Å². The summed E-state index contributed by atoms with van der Waals surface area (Å²) in [6, 6.07) is 12.1. The summed E-state index contributed by atoms with van der Waals surface area (Å²) in [6.07, 6.45) is 4.57. The van der Waals surface area contributed by atoms with Gasteiger partial charge in [-0.1, -0.05) is 38.8 Å². The average Bonchev–Trinajstić information content (AvgIpc) is 3.23. The fourth-order valence-corrected chi connectivity index (χ4v) is 5.16. The quantitative estimate of drug-likeness (QED) is 0.454. The Morgan fingerprint density at radius 1 is 1.08 bits per heavy atom. The number of allylic oxidation sites excluding steroid dienone is 2. The van der Waals surface area contributed by atoms with Crippen molar-refractivity contribution in [3.63, 3.8) is 0 Å². The maximum absolute atomic E-state index is 13.4. The number of methoxy groups -OCH3 is 3. The second kappa shape index (κ2) is 10.4. The molecule has 0 fully saturated rings. The van der Waals surface area contributed by atoms with E-state index in [0.29, 0.717) is 46.8 Å². The van der Waals surface area contributed by atoms with E-state index in [1.54, 1.807) is 21.3 Å². The number of amides is 1. The number of nitrogens with zero attached hydrogens (tertiary/aromatic N) is 2. The molecule has 36 heavy (non-hydrogen) atoms. The standard InChI is InChI=1S/C28H34N4O4/c1-6-8-13-21-19(17-29)18-16-23(34-3)26(35-4)27(36-5)25(18)28(31-24(33)15-9-7-2)30-20-12-10-11-14-22(20)32(21)28/h10-12,14,16,30H,6-9,13,15H2,1-5H3,(H,31,33). The fourth-order valence-electron chi connectivity index (χ4n) is 5.16. The third kappa shape index (κ3) is 3.89. The molecule has 8 heteroatoms. The lowest BCUT2D eigenvalue weighted by Gasteiger charge is -2.46. The largest absolute Gasteiger partial charge is 0.493 e. The molecule has 2 heterocycles. The molecule has 2 aliphatic heterocycles. The molecule has 1 atom stereocenters. The Kier molecular flexibility index (Phi) is 7.30. The van der Waals surface area contributed by atoms with Gasteiger partial charge < -0.3 is 24.8 Å². The molecule has 8 nitrogen and oxygen atoms in total. The van der Waals surface area contributed by atoms with E-state index in [9.17, 15) is 10.1 Å². The van der Waals surface area contributed by atoms with E-state index in [4.69, 9.17) is 14.2 Å². The Hall–Kier alpha value is -3.86. The summed E-state index contributed by atoms with van der Waals surface area (Å²) in [6.45, 7) is 4.18. The topological polar surface area (TPSA) is 95.9 Å². The van der Waals surface area contributed by atoms with Crippen molar-refractivity contribution in [3.8, 4) is 23.3 Å². The molecule has 2 N–H and O–H groups in total. The number of rotatable bonds is 10. The van der Waals surface area contributed by atoms with Crippen LogP contribution >= 0.6 is 0 Å². The van der Waals surface area contributed by atoms with Gasteiger partial charge in [-0.05, 0) is 37.5 Å². The van der Waals surface area contributed by atoms with Gasteiger partial charge in [0.05, 0.1) is 43.8 Å². The molecule has 0 aliphatic carbocycles. The summed E-state index contributed by atoms with van der Waals surface area (Å²) in [5.74, 6) is -0.0616. The van der Waals surface area contributed by atoms with Crippen molar-refractivity contribution in [2.45, 2.75) is 58.2 Å². The van der Waals surface area contributed by atoms with Gasteiger partial charge in [0.15, 0.2) is 11.5 Å². The zero-order chi connectivity index (χ0) is 25.9. The van der Waals surface area contributed by atoms with E-state index in [2.05, 4.69) is 35.5 Å². The van der Waals surface area contributed by atoms with Gasteiger partial charge >= 0.3 is 0 Å². The van der Waals surface area contributed by atoms with Crippen LogP contribution in [0.3, 0.4) is 0 Å². The molecule has 0 bridgehead atoms. The highest BCUT2D eigenvalue weighted by Crippen LogP contribution is 2.58. The highest BCUT2D eigenvalue weighted by Gasteiger charge is 2.55. The Morgan fingerprint density at radius 2 is 1.81 bits per heavy atom. The van der Waals surface area contributed by atoms with Gasteiger partial charge in [-0.25, -0.2) is 0 Å². The molecule has 0 saturated heterocycles. The van der Waals surface area contributed by atoms with E-state index in [0.717, 1.165) is 42.8 Å². The summed E-state index contributed by atoms with van der Waals surface area (Å²) >= 11 is 0. The third-order valence-corrected chi connectivity index (χ3v) is 6.77. The number of para-hydroxylation sites is 2. The normalized spacial score (nSPS) is 17.4. The van der Waals surface area contributed by atoms with Crippen molar-refractivity contribution >= 4 is 22.9 Å². The van der Waals surface area contributed by atoms with Crippen molar-refractivity contribution in [1.29, 1.82) is 5.26 Å². The highest BCUT2D eigenvalue weighted by molar-refractivity contribution is 5.96. The minimum atomic E-state index is -1.21. The Bertz CT molecular complexity index is 1230. The number of fused-ring (bicyclic) bond motifs is 5. The molecule has 190 valence electrons. The number of ether oxygens (including phenoxy) is 3. The number of nitriles is 1. The van der Waals surface area contributed by atoms with Crippen molar-refractivity contribution < 1.29 is 19.0 Å². The maximum Gasteiger partial charge on any atom is 0.225 e. The lowest BCUT2D eigenvalue weighted by atomic mass is 9.85. The van der Waals surface area contributed by atoms with Crippen molar-refractivity contribution in [1.82, 2.24) is 5.32 Å². The number of carbonyl (C=O) groups excluding carboxylic acids is 1. The zero-order valence-corrected chi connectivity index (χ0v) is 21.7. The number of nitrogens with one attached hydrogen (secondary N) is 2. The van der Waals surface area contributed by atoms with Gasteiger partial charge in [0.2, 0.25) is 17.4 Å². The number of hydrogen-bond acceptors (Lipinski definition) is 7. The van der Waals surface area contributed by atoms with Crippen LogP contribution in [-0.4, -0.2) is 27.2 Å². The Labute approximate surface area is 212 Å². The minimum Gasteiger partial charge on any atom is -0.493 e. The molecule has 4 rings (SSSR count). The molecule has 0 aromatic heterocycles. The lowest BCUT2D eigenvalue weighted by Crippen LogP contribution is -2.62. The van der Waals surface area contributed by atoms with Gasteiger partial charge in [0.1, 0.15) is 6.07 Å². The summed E-state index contributed by atoms with van der Waals surface area (Å²) in [7, 11) is 4.65. The molecular weight excluding hydrogens is 456 g/mol. The highest BCUT2D eigenvalue weighted by atomic mass is 16.5. The summed E-state index contributed by atoms with van der Waals surface area (Å²) < 4.78 is 17.3. The van der Waals surface area contributed by atoms with Gasteiger partial charge in [-0.15, -0.1) is 0 Å².